The molecule has 120 valence electrons. The Morgan fingerprint density at radius 3 is 2.55 bits per heavy atom. The van der Waals surface area contributed by atoms with E-state index >= 15 is 0 Å². The Balaban J connectivity index is 2.44. The third kappa shape index (κ3) is 6.92. The topological polar surface area (TPSA) is 75.6 Å². The van der Waals surface area contributed by atoms with Crippen molar-refractivity contribution in [2.24, 2.45) is 0 Å². The van der Waals surface area contributed by atoms with Crippen LogP contribution in [0.3, 0.4) is 0 Å². The summed E-state index contributed by atoms with van der Waals surface area (Å²) in [5.74, 6) is -0.696. The average molecular weight is 305 g/mol. The molecule has 5 nitrogen and oxygen atoms in total. The van der Waals surface area contributed by atoms with Crippen molar-refractivity contribution in [2.75, 3.05) is 6.61 Å². The van der Waals surface area contributed by atoms with E-state index in [-0.39, 0.29) is 0 Å². The van der Waals surface area contributed by atoms with Crippen molar-refractivity contribution in [1.29, 1.82) is 0 Å². The Bertz CT molecular complexity index is 508. The highest BCUT2D eigenvalue weighted by atomic mass is 16.5. The second kappa shape index (κ2) is 9.60. The molecule has 0 heterocycles. The van der Waals surface area contributed by atoms with Gasteiger partial charge in [0.05, 0.1) is 6.61 Å². The third-order valence-corrected chi connectivity index (χ3v) is 3.05. The molecular weight excluding hydrogens is 282 g/mol. The van der Waals surface area contributed by atoms with Crippen LogP contribution in [0.5, 0.6) is 5.75 Å². The second-order valence-corrected chi connectivity index (χ2v) is 5.03. The van der Waals surface area contributed by atoms with Crippen molar-refractivity contribution in [2.45, 2.75) is 39.2 Å². The predicted octanol–water partition coefficient (Wildman–Crippen LogP) is 2.86. The van der Waals surface area contributed by atoms with Crippen LogP contribution in [0, 0.1) is 0 Å². The molecule has 0 radical (unpaired) electrons. The number of rotatable bonds is 9. The number of hydrogen-bond donors (Lipinski definition) is 2. The molecule has 1 aromatic carbocycles. The average Bonchev–Trinajstić information content (AvgIpc) is 2.50. The normalized spacial score (nSPS) is 12.1. The number of ether oxygens (including phenoxy) is 1. The first-order valence-electron chi connectivity index (χ1n) is 7.47. The fourth-order valence-corrected chi connectivity index (χ4v) is 1.71. The smallest absolute Gasteiger partial charge is 0.325 e. The lowest BCUT2D eigenvalue weighted by molar-refractivity contribution is -0.140. The van der Waals surface area contributed by atoms with Crippen molar-refractivity contribution in [3.63, 3.8) is 0 Å². The molecule has 0 aliphatic rings. The van der Waals surface area contributed by atoms with Crippen LogP contribution < -0.4 is 10.1 Å². The Morgan fingerprint density at radius 2 is 1.95 bits per heavy atom. The SMILES string of the molecule is CCCCCOc1ccc(/C=C/C(=O)NC(C)C(=O)O)cc1. The van der Waals surface area contributed by atoms with Gasteiger partial charge in [0.25, 0.3) is 0 Å². The van der Waals surface area contributed by atoms with E-state index in [1.807, 2.05) is 24.3 Å². The number of carbonyl (C=O) groups is 2. The van der Waals surface area contributed by atoms with Gasteiger partial charge in [0.1, 0.15) is 11.8 Å². The summed E-state index contributed by atoms with van der Waals surface area (Å²) in [5.41, 5.74) is 0.846. The molecule has 0 aliphatic carbocycles. The number of unbranched alkanes of at least 4 members (excludes halogenated alkanes) is 2. The van der Waals surface area contributed by atoms with Crippen molar-refractivity contribution < 1.29 is 19.4 Å². The maximum Gasteiger partial charge on any atom is 0.325 e. The number of carboxylic acid groups (broad SMARTS) is 1. The number of carboxylic acids is 1. The van der Waals surface area contributed by atoms with Crippen LogP contribution in [0.1, 0.15) is 38.7 Å². The standard InChI is InChI=1S/C17H23NO4/c1-3-4-5-12-22-15-9-6-14(7-10-15)8-11-16(19)18-13(2)17(20)21/h6-11,13H,3-5,12H2,1-2H3,(H,18,19)(H,20,21)/b11-8+. The number of amides is 1. The molecule has 1 rings (SSSR count). The van der Waals surface area contributed by atoms with Crippen LogP contribution >= 0.6 is 0 Å². The van der Waals surface area contributed by atoms with Gasteiger partial charge in [-0.1, -0.05) is 31.9 Å². The summed E-state index contributed by atoms with van der Waals surface area (Å²) in [5, 5.41) is 11.0. The van der Waals surface area contributed by atoms with E-state index in [0.29, 0.717) is 6.61 Å². The number of aliphatic carboxylic acids is 1. The van der Waals surface area contributed by atoms with Crippen LogP contribution in [0.4, 0.5) is 0 Å². The Hall–Kier alpha value is -2.30. The molecule has 0 spiro atoms. The zero-order valence-electron chi connectivity index (χ0n) is 13.0. The van der Waals surface area contributed by atoms with Gasteiger partial charge in [-0.15, -0.1) is 0 Å². The van der Waals surface area contributed by atoms with E-state index in [2.05, 4.69) is 12.2 Å². The molecule has 1 aromatic rings. The van der Waals surface area contributed by atoms with E-state index in [0.717, 1.165) is 30.6 Å². The van der Waals surface area contributed by atoms with Crippen molar-refractivity contribution in [3.8, 4) is 5.75 Å². The van der Waals surface area contributed by atoms with Crippen LogP contribution in [0.25, 0.3) is 6.08 Å². The Kier molecular flexibility index (Phi) is 7.75. The van der Waals surface area contributed by atoms with E-state index in [4.69, 9.17) is 9.84 Å². The van der Waals surface area contributed by atoms with E-state index < -0.39 is 17.9 Å². The molecule has 0 fully saturated rings. The molecule has 0 saturated carbocycles. The summed E-state index contributed by atoms with van der Waals surface area (Å²) in [6.45, 7) is 4.27. The lowest BCUT2D eigenvalue weighted by Gasteiger charge is -2.06. The molecular formula is C17H23NO4. The van der Waals surface area contributed by atoms with Crippen LogP contribution in [0.2, 0.25) is 0 Å². The molecule has 22 heavy (non-hydrogen) atoms. The molecule has 1 atom stereocenters. The van der Waals surface area contributed by atoms with Gasteiger partial charge >= 0.3 is 5.97 Å². The van der Waals surface area contributed by atoms with E-state index in [9.17, 15) is 9.59 Å². The van der Waals surface area contributed by atoms with Gasteiger partial charge in [0.15, 0.2) is 0 Å². The maximum atomic E-state index is 11.5. The Labute approximate surface area is 131 Å². The van der Waals surface area contributed by atoms with Gasteiger partial charge in [-0.2, -0.15) is 0 Å². The van der Waals surface area contributed by atoms with Crippen LogP contribution in [0.15, 0.2) is 30.3 Å². The summed E-state index contributed by atoms with van der Waals surface area (Å²) in [7, 11) is 0. The number of carbonyl (C=O) groups excluding carboxylic acids is 1. The first kappa shape index (κ1) is 17.8. The summed E-state index contributed by atoms with van der Waals surface area (Å²) in [6.07, 6.45) is 6.31. The van der Waals surface area contributed by atoms with Crippen LogP contribution in [-0.4, -0.2) is 29.6 Å². The molecule has 0 bridgehead atoms. The Morgan fingerprint density at radius 1 is 1.27 bits per heavy atom. The highest BCUT2D eigenvalue weighted by Crippen LogP contribution is 2.13. The van der Waals surface area contributed by atoms with E-state index in [1.54, 1.807) is 6.08 Å². The van der Waals surface area contributed by atoms with Gasteiger partial charge in [-0.05, 0) is 37.1 Å². The number of benzene rings is 1. The second-order valence-electron chi connectivity index (χ2n) is 5.03. The monoisotopic (exact) mass is 305 g/mol. The quantitative estimate of drug-likeness (QED) is 0.543. The van der Waals surface area contributed by atoms with Crippen molar-refractivity contribution in [3.05, 3.63) is 35.9 Å². The summed E-state index contributed by atoms with van der Waals surface area (Å²) in [6, 6.07) is 6.49. The fraction of sp³-hybridized carbons (Fsp3) is 0.412. The van der Waals surface area contributed by atoms with Gasteiger partial charge in [0.2, 0.25) is 5.91 Å². The lowest BCUT2D eigenvalue weighted by atomic mass is 10.2. The van der Waals surface area contributed by atoms with Crippen molar-refractivity contribution >= 4 is 18.0 Å². The largest absolute Gasteiger partial charge is 0.494 e. The molecule has 0 saturated heterocycles. The first-order valence-corrected chi connectivity index (χ1v) is 7.47. The molecule has 0 aliphatic heterocycles. The molecule has 1 amide bonds. The lowest BCUT2D eigenvalue weighted by Crippen LogP contribution is -2.37. The van der Waals surface area contributed by atoms with Gasteiger partial charge in [0, 0.05) is 6.08 Å². The highest BCUT2D eigenvalue weighted by molar-refractivity contribution is 5.94. The third-order valence-electron chi connectivity index (χ3n) is 3.05. The van der Waals surface area contributed by atoms with Gasteiger partial charge in [-0.3, -0.25) is 9.59 Å². The van der Waals surface area contributed by atoms with Crippen LogP contribution in [-0.2, 0) is 9.59 Å². The van der Waals surface area contributed by atoms with E-state index in [1.165, 1.54) is 13.0 Å². The molecule has 2 N–H and O–H groups in total. The highest BCUT2D eigenvalue weighted by Gasteiger charge is 2.11. The fourth-order valence-electron chi connectivity index (χ4n) is 1.71. The number of nitrogens with one attached hydrogen (secondary N) is 1. The maximum absolute atomic E-state index is 11.5. The molecule has 5 heteroatoms. The van der Waals surface area contributed by atoms with Crippen molar-refractivity contribution in [1.82, 2.24) is 5.32 Å². The summed E-state index contributed by atoms with van der Waals surface area (Å²) < 4.78 is 5.60. The predicted molar refractivity (Wildman–Crippen MR) is 85.7 cm³/mol. The van der Waals surface area contributed by atoms with Gasteiger partial charge < -0.3 is 15.2 Å². The minimum atomic E-state index is -1.06. The van der Waals surface area contributed by atoms with Gasteiger partial charge in [-0.25, -0.2) is 0 Å². The first-order chi connectivity index (χ1) is 10.5. The number of hydrogen-bond acceptors (Lipinski definition) is 3. The molecule has 1 unspecified atom stereocenters. The zero-order chi connectivity index (χ0) is 16.4. The summed E-state index contributed by atoms with van der Waals surface area (Å²) >= 11 is 0. The summed E-state index contributed by atoms with van der Waals surface area (Å²) in [4.78, 5) is 22.1. The minimum absolute atomic E-state index is 0.435. The molecule has 0 aromatic heterocycles. The zero-order valence-corrected chi connectivity index (χ0v) is 13.0. The minimum Gasteiger partial charge on any atom is -0.494 e.